The molecular formula is C4H8FN3O2S. The summed E-state index contributed by atoms with van der Waals surface area (Å²) in [7, 11) is 1.24. The zero-order valence-corrected chi connectivity index (χ0v) is 6.63. The summed E-state index contributed by atoms with van der Waals surface area (Å²) in [6.07, 6.45) is 0. The molecule has 11 heavy (non-hydrogen) atoms. The van der Waals surface area contributed by atoms with Crippen molar-refractivity contribution >= 4 is 24.0 Å². The molecule has 0 fully saturated rings. The van der Waals surface area contributed by atoms with Gasteiger partial charge in [0.2, 0.25) is 0 Å². The van der Waals surface area contributed by atoms with Crippen LogP contribution in [0, 0.1) is 5.41 Å². The van der Waals surface area contributed by atoms with E-state index in [4.69, 9.17) is 5.41 Å². The fourth-order valence-electron chi connectivity index (χ4n) is 0.272. The van der Waals surface area contributed by atoms with E-state index >= 15 is 0 Å². The molecule has 0 aromatic carbocycles. The van der Waals surface area contributed by atoms with E-state index in [1.54, 1.807) is 0 Å². The summed E-state index contributed by atoms with van der Waals surface area (Å²) < 4.78 is 17.8. The van der Waals surface area contributed by atoms with Crippen LogP contribution in [0.25, 0.3) is 0 Å². The van der Waals surface area contributed by atoms with Gasteiger partial charge in [0, 0.05) is 0 Å². The lowest BCUT2D eigenvalue weighted by molar-refractivity contribution is 0.247. The number of carbonyl (C=O) groups excluding carboxylic acids is 1. The Morgan fingerprint density at radius 3 is 2.91 bits per heavy atom. The standard InChI is InChI=1S/C4H8FN3O2S/c1-10-3(6)7-4(9)8-11-2-5/h2H2,1H3,(H3,6,7,8,9). The quantitative estimate of drug-likeness (QED) is 0.329. The van der Waals surface area contributed by atoms with Gasteiger partial charge < -0.3 is 4.74 Å². The summed E-state index contributed by atoms with van der Waals surface area (Å²) in [5, 5.41) is 8.79. The van der Waals surface area contributed by atoms with Crippen molar-refractivity contribution < 1.29 is 13.9 Å². The molecule has 3 N–H and O–H groups in total. The van der Waals surface area contributed by atoms with Crippen LogP contribution in [0.3, 0.4) is 0 Å². The first-order chi connectivity index (χ1) is 5.20. The van der Waals surface area contributed by atoms with Crippen molar-refractivity contribution in [3.63, 3.8) is 0 Å². The minimum absolute atomic E-state index is 0.387. The molecule has 7 heteroatoms. The average molecular weight is 181 g/mol. The highest BCUT2D eigenvalue weighted by molar-refractivity contribution is 7.97. The van der Waals surface area contributed by atoms with E-state index in [0.717, 1.165) is 0 Å². The van der Waals surface area contributed by atoms with Crippen molar-refractivity contribution in [1.29, 1.82) is 5.41 Å². The van der Waals surface area contributed by atoms with Crippen LogP contribution in [0.2, 0.25) is 0 Å². The fourth-order valence-corrected chi connectivity index (χ4v) is 0.509. The number of amidine groups is 1. The number of hydrogen-bond donors (Lipinski definition) is 3. The highest BCUT2D eigenvalue weighted by Gasteiger charge is 2.01. The molecule has 0 saturated carbocycles. The van der Waals surface area contributed by atoms with Gasteiger partial charge in [0.15, 0.2) is 6.01 Å². The van der Waals surface area contributed by atoms with Crippen LogP contribution in [0.15, 0.2) is 0 Å². The zero-order valence-electron chi connectivity index (χ0n) is 5.81. The minimum atomic E-state index is -0.715. The Labute approximate surface area is 67.3 Å². The lowest BCUT2D eigenvalue weighted by Gasteiger charge is -2.03. The SMILES string of the molecule is COC(=N)NC(=O)NSCF. The predicted octanol–water partition coefficient (Wildman–Crippen LogP) is 0.442. The van der Waals surface area contributed by atoms with Gasteiger partial charge in [0.1, 0.15) is 0 Å². The van der Waals surface area contributed by atoms with Crippen molar-refractivity contribution in [2.45, 2.75) is 0 Å². The topological polar surface area (TPSA) is 74.2 Å². The van der Waals surface area contributed by atoms with Crippen molar-refractivity contribution in [3.8, 4) is 0 Å². The first-order valence-corrected chi connectivity index (χ1v) is 3.56. The third-order valence-corrected chi connectivity index (χ3v) is 1.09. The Hall–Kier alpha value is -0.980. The Balaban J connectivity index is 3.44. The molecule has 0 aromatic rings. The van der Waals surface area contributed by atoms with Gasteiger partial charge in [-0.05, 0) is 11.9 Å². The van der Waals surface area contributed by atoms with E-state index in [2.05, 4.69) is 9.46 Å². The second kappa shape index (κ2) is 5.78. The van der Waals surface area contributed by atoms with Crippen LogP contribution >= 0.6 is 11.9 Å². The number of halogens is 1. The molecule has 0 unspecified atom stereocenters. The molecule has 0 aromatic heterocycles. The summed E-state index contributed by atoms with van der Waals surface area (Å²) in [5.41, 5.74) is 0. The molecule has 2 amide bonds. The molecule has 0 rings (SSSR count). The molecular weight excluding hydrogens is 173 g/mol. The minimum Gasteiger partial charge on any atom is -0.468 e. The highest BCUT2D eigenvalue weighted by atomic mass is 32.2. The number of amides is 2. The maximum Gasteiger partial charge on any atom is 0.332 e. The van der Waals surface area contributed by atoms with Gasteiger partial charge in [-0.15, -0.1) is 0 Å². The van der Waals surface area contributed by atoms with Gasteiger partial charge in [-0.25, -0.2) is 9.18 Å². The third kappa shape index (κ3) is 5.46. The van der Waals surface area contributed by atoms with Crippen LogP contribution < -0.4 is 10.0 Å². The van der Waals surface area contributed by atoms with Gasteiger partial charge in [0.25, 0.3) is 6.02 Å². The molecule has 0 bridgehead atoms. The smallest absolute Gasteiger partial charge is 0.332 e. The molecule has 0 aliphatic carbocycles. The van der Waals surface area contributed by atoms with E-state index in [9.17, 15) is 9.18 Å². The molecule has 0 atom stereocenters. The Kier molecular flexibility index (Phi) is 5.26. The summed E-state index contributed by atoms with van der Waals surface area (Å²) in [5.74, 6) is 0. The summed E-state index contributed by atoms with van der Waals surface area (Å²) >= 11 is 0.588. The Morgan fingerprint density at radius 2 is 2.45 bits per heavy atom. The van der Waals surface area contributed by atoms with E-state index in [1.807, 2.05) is 5.32 Å². The van der Waals surface area contributed by atoms with Crippen LogP contribution in [-0.4, -0.2) is 25.2 Å². The van der Waals surface area contributed by atoms with Gasteiger partial charge in [-0.3, -0.25) is 15.4 Å². The molecule has 0 saturated heterocycles. The molecule has 0 aliphatic rings. The molecule has 0 aliphatic heterocycles. The number of ether oxygens (including phenoxy) is 1. The first kappa shape index (κ1) is 10.0. The maximum atomic E-state index is 11.4. The third-order valence-electron chi connectivity index (χ3n) is 0.651. The van der Waals surface area contributed by atoms with Crippen molar-refractivity contribution in [2.75, 3.05) is 13.1 Å². The molecule has 5 nitrogen and oxygen atoms in total. The van der Waals surface area contributed by atoms with Crippen LogP contribution in [0.5, 0.6) is 0 Å². The number of alkyl halides is 1. The number of carbonyl (C=O) groups is 1. The van der Waals surface area contributed by atoms with Crippen LogP contribution in [0.1, 0.15) is 0 Å². The number of urea groups is 1. The zero-order chi connectivity index (χ0) is 8.69. The number of methoxy groups -OCH3 is 1. The predicted molar refractivity (Wildman–Crippen MR) is 40.0 cm³/mol. The van der Waals surface area contributed by atoms with Gasteiger partial charge in [0.05, 0.1) is 7.11 Å². The van der Waals surface area contributed by atoms with E-state index in [1.165, 1.54) is 7.11 Å². The van der Waals surface area contributed by atoms with E-state index in [-0.39, 0.29) is 6.02 Å². The maximum absolute atomic E-state index is 11.4. The summed E-state index contributed by atoms with van der Waals surface area (Å²) in [4.78, 5) is 10.5. The Bertz CT molecular complexity index is 154. The summed E-state index contributed by atoms with van der Waals surface area (Å²) in [6, 6.07) is -1.78. The monoisotopic (exact) mass is 181 g/mol. The second-order valence-electron chi connectivity index (χ2n) is 1.34. The number of hydrogen-bond acceptors (Lipinski definition) is 4. The van der Waals surface area contributed by atoms with Crippen molar-refractivity contribution in [1.82, 2.24) is 10.0 Å². The lowest BCUT2D eigenvalue weighted by Crippen LogP contribution is -2.36. The average Bonchev–Trinajstić information content (AvgIpc) is 2.00. The van der Waals surface area contributed by atoms with Gasteiger partial charge in [-0.2, -0.15) is 0 Å². The van der Waals surface area contributed by atoms with Gasteiger partial charge >= 0.3 is 6.03 Å². The van der Waals surface area contributed by atoms with E-state index < -0.39 is 12.0 Å². The first-order valence-electron chi connectivity index (χ1n) is 2.58. The number of rotatable bonds is 2. The fraction of sp³-hybridized carbons (Fsp3) is 0.500. The van der Waals surface area contributed by atoms with Crippen LogP contribution in [0.4, 0.5) is 9.18 Å². The molecule has 0 spiro atoms. The van der Waals surface area contributed by atoms with Gasteiger partial charge in [-0.1, -0.05) is 0 Å². The van der Waals surface area contributed by atoms with Crippen LogP contribution in [-0.2, 0) is 4.74 Å². The summed E-state index contributed by atoms with van der Waals surface area (Å²) in [6.45, 7) is 0. The second-order valence-corrected chi connectivity index (χ2v) is 2.05. The highest BCUT2D eigenvalue weighted by Crippen LogP contribution is 1.90. The Morgan fingerprint density at radius 1 is 1.82 bits per heavy atom. The lowest BCUT2D eigenvalue weighted by atomic mass is 10.9. The normalized spacial score (nSPS) is 8.55. The van der Waals surface area contributed by atoms with E-state index in [0.29, 0.717) is 11.9 Å². The molecule has 64 valence electrons. The molecule has 0 heterocycles. The number of nitrogens with one attached hydrogen (secondary N) is 3. The van der Waals surface area contributed by atoms with Crippen molar-refractivity contribution in [3.05, 3.63) is 0 Å². The largest absolute Gasteiger partial charge is 0.468 e. The van der Waals surface area contributed by atoms with Crippen molar-refractivity contribution in [2.24, 2.45) is 0 Å². The molecule has 0 radical (unpaired) electrons.